The first-order valence-corrected chi connectivity index (χ1v) is 10.6. The van der Waals surface area contributed by atoms with Crippen molar-refractivity contribution in [3.05, 3.63) is 69.6 Å². The predicted octanol–water partition coefficient (Wildman–Crippen LogP) is 4.37. The van der Waals surface area contributed by atoms with Crippen molar-refractivity contribution < 1.29 is 18.3 Å². The number of aromatic nitrogens is 5. The minimum Gasteiger partial charge on any atom is -0.390 e. The summed E-state index contributed by atoms with van der Waals surface area (Å²) in [5.74, 6) is -1.81. The number of rotatable bonds is 5. The SMILES string of the molecule is CSc1nc(-c2cn3c(CO)cnc3c(Cc3cc(F)c(C)cc3F)n2)nc(Cl)c1F. The van der Waals surface area contributed by atoms with Gasteiger partial charge in [0.15, 0.2) is 22.4 Å². The van der Waals surface area contributed by atoms with Gasteiger partial charge in [-0.25, -0.2) is 33.1 Å². The van der Waals surface area contributed by atoms with Gasteiger partial charge in [-0.05, 0) is 36.4 Å². The molecule has 31 heavy (non-hydrogen) atoms. The highest BCUT2D eigenvalue weighted by molar-refractivity contribution is 7.98. The highest BCUT2D eigenvalue weighted by Crippen LogP contribution is 2.27. The summed E-state index contributed by atoms with van der Waals surface area (Å²) in [4.78, 5) is 16.9. The molecule has 0 aliphatic carbocycles. The van der Waals surface area contributed by atoms with Crippen LogP contribution in [0.5, 0.6) is 0 Å². The summed E-state index contributed by atoms with van der Waals surface area (Å²) in [6, 6.07) is 2.23. The average Bonchev–Trinajstić information content (AvgIpc) is 3.17. The molecule has 4 rings (SSSR count). The maximum atomic E-state index is 14.5. The lowest BCUT2D eigenvalue weighted by atomic mass is 10.1. The number of halogens is 4. The molecular weight excluding hydrogens is 451 g/mol. The number of hydrogen-bond acceptors (Lipinski definition) is 6. The van der Waals surface area contributed by atoms with Gasteiger partial charge >= 0.3 is 0 Å². The summed E-state index contributed by atoms with van der Waals surface area (Å²) in [5.41, 5.74) is 1.58. The van der Waals surface area contributed by atoms with Gasteiger partial charge in [0.2, 0.25) is 0 Å². The molecule has 0 aliphatic heterocycles. The van der Waals surface area contributed by atoms with Crippen LogP contribution < -0.4 is 0 Å². The molecule has 0 spiro atoms. The quantitative estimate of drug-likeness (QED) is 0.348. The number of benzene rings is 1. The molecule has 0 fully saturated rings. The topological polar surface area (TPSA) is 76.2 Å². The maximum Gasteiger partial charge on any atom is 0.192 e. The number of thioether (sulfide) groups is 1. The van der Waals surface area contributed by atoms with Gasteiger partial charge in [0, 0.05) is 12.6 Å². The fraction of sp³-hybridized carbons (Fsp3) is 0.200. The number of aliphatic hydroxyl groups excluding tert-OH is 1. The van der Waals surface area contributed by atoms with Crippen molar-refractivity contribution in [1.29, 1.82) is 0 Å². The minimum atomic E-state index is -0.741. The van der Waals surface area contributed by atoms with Crippen LogP contribution in [-0.2, 0) is 13.0 Å². The Morgan fingerprint density at radius 3 is 2.61 bits per heavy atom. The van der Waals surface area contributed by atoms with Crippen molar-refractivity contribution >= 4 is 29.0 Å². The average molecular weight is 466 g/mol. The Labute approximate surface area is 184 Å². The monoisotopic (exact) mass is 465 g/mol. The molecule has 11 heteroatoms. The largest absolute Gasteiger partial charge is 0.390 e. The summed E-state index contributed by atoms with van der Waals surface area (Å²) < 4.78 is 44.1. The summed E-state index contributed by atoms with van der Waals surface area (Å²) in [6.45, 7) is 1.15. The molecule has 0 saturated carbocycles. The number of hydrogen-bond donors (Lipinski definition) is 1. The first-order valence-electron chi connectivity index (χ1n) is 9.01. The van der Waals surface area contributed by atoms with Crippen molar-refractivity contribution in [1.82, 2.24) is 24.3 Å². The molecule has 0 unspecified atom stereocenters. The van der Waals surface area contributed by atoms with Crippen LogP contribution in [0.25, 0.3) is 17.2 Å². The molecule has 160 valence electrons. The molecule has 0 radical (unpaired) electrons. The predicted molar refractivity (Wildman–Crippen MR) is 111 cm³/mol. The van der Waals surface area contributed by atoms with E-state index >= 15 is 0 Å². The number of nitrogens with zero attached hydrogens (tertiary/aromatic N) is 5. The molecular formula is C20H15ClF3N5OS. The molecule has 3 heterocycles. The molecule has 4 aromatic rings. The second-order valence-electron chi connectivity index (χ2n) is 6.70. The number of aliphatic hydroxyl groups is 1. The van der Waals surface area contributed by atoms with Crippen molar-refractivity contribution in [2.24, 2.45) is 0 Å². The Hall–Kier alpha value is -2.69. The Balaban J connectivity index is 1.91. The summed E-state index contributed by atoms with van der Waals surface area (Å²) >= 11 is 6.96. The van der Waals surface area contributed by atoms with E-state index in [2.05, 4.69) is 19.9 Å². The van der Waals surface area contributed by atoms with Gasteiger partial charge < -0.3 is 5.11 Å². The second-order valence-corrected chi connectivity index (χ2v) is 7.86. The van der Waals surface area contributed by atoms with E-state index in [9.17, 15) is 18.3 Å². The summed E-state index contributed by atoms with van der Waals surface area (Å²) in [7, 11) is 0. The third-order valence-corrected chi connectivity index (χ3v) is 5.60. The third-order valence-electron chi connectivity index (χ3n) is 4.69. The minimum absolute atomic E-state index is 0.0399. The molecule has 1 aromatic carbocycles. The summed E-state index contributed by atoms with van der Waals surface area (Å²) in [5, 5.41) is 9.32. The van der Waals surface area contributed by atoms with Crippen LogP contribution in [0.3, 0.4) is 0 Å². The van der Waals surface area contributed by atoms with Gasteiger partial charge in [-0.1, -0.05) is 11.6 Å². The van der Waals surface area contributed by atoms with Crippen LogP contribution >= 0.6 is 23.4 Å². The van der Waals surface area contributed by atoms with E-state index in [0.717, 1.165) is 23.9 Å². The first-order chi connectivity index (χ1) is 14.8. The van der Waals surface area contributed by atoms with Crippen molar-refractivity contribution in [3.8, 4) is 11.5 Å². The van der Waals surface area contributed by atoms with E-state index in [1.54, 1.807) is 10.7 Å². The highest BCUT2D eigenvalue weighted by atomic mass is 35.5. The van der Waals surface area contributed by atoms with Crippen LogP contribution in [0.2, 0.25) is 5.15 Å². The van der Waals surface area contributed by atoms with Crippen LogP contribution in [0, 0.1) is 24.4 Å². The van der Waals surface area contributed by atoms with Gasteiger partial charge in [-0.3, -0.25) is 4.40 Å². The van der Waals surface area contributed by atoms with Crippen molar-refractivity contribution in [2.75, 3.05) is 6.26 Å². The zero-order chi connectivity index (χ0) is 22.3. The lowest BCUT2D eigenvalue weighted by Gasteiger charge is -2.11. The van der Waals surface area contributed by atoms with Gasteiger partial charge in [-0.2, -0.15) is 0 Å². The molecule has 0 atom stereocenters. The van der Waals surface area contributed by atoms with Crippen LogP contribution in [-0.4, -0.2) is 35.7 Å². The van der Waals surface area contributed by atoms with Crippen molar-refractivity contribution in [3.63, 3.8) is 0 Å². The third kappa shape index (κ3) is 3.98. The Kier molecular flexibility index (Phi) is 5.87. The number of imidazole rings is 1. The zero-order valence-electron chi connectivity index (χ0n) is 16.3. The zero-order valence-corrected chi connectivity index (χ0v) is 17.9. The number of aryl methyl sites for hydroxylation is 1. The molecule has 6 nitrogen and oxygen atoms in total. The van der Waals surface area contributed by atoms with E-state index in [0.29, 0.717) is 17.0 Å². The van der Waals surface area contributed by atoms with E-state index in [1.165, 1.54) is 19.3 Å². The first kappa shape index (κ1) is 21.5. The Bertz CT molecular complexity index is 1310. The molecule has 1 N–H and O–H groups in total. The van der Waals surface area contributed by atoms with E-state index in [1.807, 2.05) is 0 Å². The van der Waals surface area contributed by atoms with E-state index in [-0.39, 0.29) is 45.9 Å². The lowest BCUT2D eigenvalue weighted by molar-refractivity contribution is 0.276. The van der Waals surface area contributed by atoms with E-state index < -0.39 is 17.5 Å². The van der Waals surface area contributed by atoms with Crippen LogP contribution in [0.15, 0.2) is 29.6 Å². The second kappa shape index (κ2) is 8.45. The molecule has 0 saturated heterocycles. The highest BCUT2D eigenvalue weighted by Gasteiger charge is 2.19. The lowest BCUT2D eigenvalue weighted by Crippen LogP contribution is -2.06. The maximum absolute atomic E-state index is 14.5. The number of fused-ring (bicyclic) bond motifs is 1. The van der Waals surface area contributed by atoms with Gasteiger partial charge in [0.25, 0.3) is 0 Å². The molecule has 0 amide bonds. The fourth-order valence-electron chi connectivity index (χ4n) is 3.10. The normalized spacial score (nSPS) is 11.5. The molecule has 3 aromatic heterocycles. The van der Waals surface area contributed by atoms with E-state index in [4.69, 9.17) is 11.6 Å². The molecule has 0 aliphatic rings. The van der Waals surface area contributed by atoms with Crippen molar-refractivity contribution in [2.45, 2.75) is 25.0 Å². The Morgan fingerprint density at radius 1 is 1.13 bits per heavy atom. The van der Waals surface area contributed by atoms with Gasteiger partial charge in [0.05, 0.1) is 24.2 Å². The smallest absolute Gasteiger partial charge is 0.192 e. The van der Waals surface area contributed by atoms with Crippen LogP contribution in [0.4, 0.5) is 13.2 Å². The fourth-order valence-corrected chi connectivity index (χ4v) is 3.78. The van der Waals surface area contributed by atoms with Gasteiger partial charge in [-0.15, -0.1) is 11.8 Å². The standard InChI is InChI=1S/C20H15ClF3N5OS/c1-9-3-13(23)10(4-12(9)22)5-14-19-25-6-11(8-30)29(19)7-15(26-14)18-27-17(21)16(24)20(28-18)31-2/h3-4,6-7,30H,5,8H2,1-2H3. The Morgan fingerprint density at radius 2 is 1.90 bits per heavy atom. The van der Waals surface area contributed by atoms with Crippen LogP contribution in [0.1, 0.15) is 22.5 Å². The summed E-state index contributed by atoms with van der Waals surface area (Å²) in [6.07, 6.45) is 4.54. The molecule has 0 bridgehead atoms. The van der Waals surface area contributed by atoms with Gasteiger partial charge in [0.1, 0.15) is 22.4 Å².